The summed E-state index contributed by atoms with van der Waals surface area (Å²) in [4.78, 5) is 16.7. The largest absolute Gasteiger partial charge is 0.454 e. The van der Waals surface area contributed by atoms with Gasteiger partial charge in [0.1, 0.15) is 5.82 Å². The fourth-order valence-electron chi connectivity index (χ4n) is 3.21. The third-order valence-electron chi connectivity index (χ3n) is 4.69. The second-order valence-corrected chi connectivity index (χ2v) is 6.78. The number of halogens is 2. The fraction of sp³-hybridized carbons (Fsp3) is 0.316. The van der Waals surface area contributed by atoms with E-state index in [-0.39, 0.29) is 18.5 Å². The molecular formula is C19H18ClFN2O3. The van der Waals surface area contributed by atoms with Crippen LogP contribution >= 0.6 is 11.6 Å². The smallest absolute Gasteiger partial charge is 0.254 e. The number of carbonyl (C=O) groups excluding carboxylic acids is 1. The van der Waals surface area contributed by atoms with Crippen LogP contribution in [0.25, 0.3) is 0 Å². The maximum Gasteiger partial charge on any atom is 0.254 e. The van der Waals surface area contributed by atoms with Gasteiger partial charge in [-0.15, -0.1) is 0 Å². The van der Waals surface area contributed by atoms with Crippen LogP contribution in [0.3, 0.4) is 0 Å². The van der Waals surface area contributed by atoms with Crippen molar-refractivity contribution in [1.82, 2.24) is 9.80 Å². The minimum Gasteiger partial charge on any atom is -0.454 e. The van der Waals surface area contributed by atoms with E-state index in [0.29, 0.717) is 41.7 Å². The molecule has 1 amide bonds. The molecule has 0 spiro atoms. The first kappa shape index (κ1) is 17.1. The molecule has 7 heteroatoms. The molecule has 0 aromatic heterocycles. The summed E-state index contributed by atoms with van der Waals surface area (Å²) in [6, 6.07) is 9.72. The summed E-state index contributed by atoms with van der Waals surface area (Å²) >= 11 is 6.10. The average molecular weight is 377 g/mol. The topological polar surface area (TPSA) is 42.0 Å². The Bertz CT molecular complexity index is 838. The molecule has 5 nitrogen and oxygen atoms in total. The van der Waals surface area contributed by atoms with Crippen LogP contribution in [0.2, 0.25) is 5.02 Å². The van der Waals surface area contributed by atoms with Gasteiger partial charge in [-0.3, -0.25) is 9.69 Å². The number of nitrogens with zero attached hydrogens (tertiary/aromatic N) is 2. The molecular weight excluding hydrogens is 359 g/mol. The van der Waals surface area contributed by atoms with Crippen molar-refractivity contribution in [3.05, 3.63) is 58.4 Å². The van der Waals surface area contributed by atoms with Gasteiger partial charge in [-0.1, -0.05) is 17.7 Å². The quantitative estimate of drug-likeness (QED) is 0.825. The Labute approximate surface area is 155 Å². The molecule has 2 aromatic rings. The molecule has 26 heavy (non-hydrogen) atoms. The number of carbonyl (C=O) groups is 1. The molecule has 0 unspecified atom stereocenters. The molecule has 4 rings (SSSR count). The summed E-state index contributed by atoms with van der Waals surface area (Å²) in [6.07, 6.45) is 0. The summed E-state index contributed by atoms with van der Waals surface area (Å²) in [5.41, 5.74) is 1.49. The van der Waals surface area contributed by atoms with E-state index in [4.69, 9.17) is 21.1 Å². The molecule has 1 fully saturated rings. The summed E-state index contributed by atoms with van der Waals surface area (Å²) < 4.78 is 23.8. The highest BCUT2D eigenvalue weighted by atomic mass is 35.5. The van der Waals surface area contributed by atoms with E-state index >= 15 is 0 Å². The van der Waals surface area contributed by atoms with Crippen LogP contribution in [0.5, 0.6) is 11.5 Å². The van der Waals surface area contributed by atoms with E-state index in [1.54, 1.807) is 24.3 Å². The Balaban J connectivity index is 1.36. The van der Waals surface area contributed by atoms with Crippen molar-refractivity contribution in [2.75, 3.05) is 33.0 Å². The molecule has 0 aliphatic carbocycles. The van der Waals surface area contributed by atoms with Crippen LogP contribution in [-0.4, -0.2) is 48.7 Å². The number of benzene rings is 2. The van der Waals surface area contributed by atoms with Crippen molar-refractivity contribution in [2.24, 2.45) is 0 Å². The van der Waals surface area contributed by atoms with Gasteiger partial charge in [0.15, 0.2) is 11.5 Å². The molecule has 0 saturated carbocycles. The lowest BCUT2D eigenvalue weighted by Gasteiger charge is -2.35. The highest BCUT2D eigenvalue weighted by Crippen LogP contribution is 2.33. The van der Waals surface area contributed by atoms with Crippen molar-refractivity contribution >= 4 is 17.5 Å². The molecule has 0 radical (unpaired) electrons. The van der Waals surface area contributed by atoms with Crippen LogP contribution in [0.1, 0.15) is 15.9 Å². The van der Waals surface area contributed by atoms with Crippen molar-refractivity contribution < 1.29 is 18.7 Å². The molecule has 1 saturated heterocycles. The zero-order valence-electron chi connectivity index (χ0n) is 14.1. The van der Waals surface area contributed by atoms with Crippen LogP contribution in [0.4, 0.5) is 4.39 Å². The van der Waals surface area contributed by atoms with Gasteiger partial charge in [-0.05, 0) is 35.9 Å². The number of fused-ring (bicyclic) bond motifs is 1. The van der Waals surface area contributed by atoms with Gasteiger partial charge >= 0.3 is 0 Å². The Morgan fingerprint density at radius 2 is 1.81 bits per heavy atom. The third kappa shape index (κ3) is 3.48. The van der Waals surface area contributed by atoms with Crippen LogP contribution < -0.4 is 9.47 Å². The average Bonchev–Trinajstić information content (AvgIpc) is 3.12. The number of rotatable bonds is 3. The number of hydrogen-bond donors (Lipinski definition) is 0. The first-order valence-corrected chi connectivity index (χ1v) is 8.83. The predicted molar refractivity (Wildman–Crippen MR) is 95.2 cm³/mol. The summed E-state index contributed by atoms with van der Waals surface area (Å²) in [5.74, 6) is 0.934. The van der Waals surface area contributed by atoms with Crippen molar-refractivity contribution in [2.45, 2.75) is 6.54 Å². The van der Waals surface area contributed by atoms with Gasteiger partial charge in [-0.2, -0.15) is 0 Å². The second kappa shape index (κ2) is 7.13. The van der Waals surface area contributed by atoms with Crippen LogP contribution in [-0.2, 0) is 6.54 Å². The Kier molecular flexibility index (Phi) is 4.70. The van der Waals surface area contributed by atoms with Crippen molar-refractivity contribution in [3.63, 3.8) is 0 Å². The number of ether oxygens (including phenoxy) is 2. The lowest BCUT2D eigenvalue weighted by molar-refractivity contribution is 0.0628. The Morgan fingerprint density at radius 1 is 1.04 bits per heavy atom. The van der Waals surface area contributed by atoms with E-state index in [9.17, 15) is 9.18 Å². The second-order valence-electron chi connectivity index (χ2n) is 6.37. The Hall–Kier alpha value is -2.31. The maximum atomic E-state index is 13.2. The molecule has 2 aromatic carbocycles. The normalized spacial score (nSPS) is 16.8. The van der Waals surface area contributed by atoms with E-state index in [1.807, 2.05) is 4.90 Å². The van der Waals surface area contributed by atoms with Gasteiger partial charge in [0.2, 0.25) is 6.79 Å². The third-order valence-corrected chi connectivity index (χ3v) is 5.04. The molecule has 0 bridgehead atoms. The SMILES string of the molecule is O=C(c1ccc2c(c1)OCO2)N1CCN(Cc2ccc(F)cc2Cl)CC1. The molecule has 2 aliphatic rings. The van der Waals surface area contributed by atoms with E-state index in [2.05, 4.69) is 4.90 Å². The van der Waals surface area contributed by atoms with Gasteiger partial charge in [0, 0.05) is 43.3 Å². The van der Waals surface area contributed by atoms with Crippen molar-refractivity contribution in [3.8, 4) is 11.5 Å². The van der Waals surface area contributed by atoms with Gasteiger partial charge in [0.05, 0.1) is 0 Å². The number of amides is 1. The first-order chi connectivity index (χ1) is 12.6. The lowest BCUT2D eigenvalue weighted by Crippen LogP contribution is -2.48. The van der Waals surface area contributed by atoms with E-state index in [1.165, 1.54) is 12.1 Å². The van der Waals surface area contributed by atoms with Crippen LogP contribution in [0, 0.1) is 5.82 Å². The van der Waals surface area contributed by atoms with Gasteiger partial charge in [0.25, 0.3) is 5.91 Å². The molecule has 0 N–H and O–H groups in total. The lowest BCUT2D eigenvalue weighted by atomic mass is 10.1. The Morgan fingerprint density at radius 3 is 2.58 bits per heavy atom. The maximum absolute atomic E-state index is 13.2. The zero-order valence-corrected chi connectivity index (χ0v) is 14.8. The van der Waals surface area contributed by atoms with Crippen LogP contribution in [0.15, 0.2) is 36.4 Å². The van der Waals surface area contributed by atoms with E-state index < -0.39 is 0 Å². The molecule has 136 valence electrons. The zero-order chi connectivity index (χ0) is 18.1. The predicted octanol–water partition coefficient (Wildman–Crippen LogP) is 3.17. The van der Waals surface area contributed by atoms with Gasteiger partial charge < -0.3 is 14.4 Å². The minimum absolute atomic E-state index is 0.0113. The fourth-order valence-corrected chi connectivity index (χ4v) is 3.44. The monoisotopic (exact) mass is 376 g/mol. The van der Waals surface area contributed by atoms with Gasteiger partial charge in [-0.25, -0.2) is 4.39 Å². The highest BCUT2D eigenvalue weighted by molar-refractivity contribution is 6.31. The standard InChI is InChI=1S/C19H18ClFN2O3/c20-16-10-15(21)3-1-14(16)11-22-5-7-23(8-6-22)19(24)13-2-4-17-18(9-13)26-12-25-17/h1-4,9-10H,5-8,11-12H2. The summed E-state index contributed by atoms with van der Waals surface area (Å²) in [5, 5.41) is 0.434. The van der Waals surface area contributed by atoms with Crippen molar-refractivity contribution in [1.29, 1.82) is 0 Å². The molecule has 2 aliphatic heterocycles. The van der Waals surface area contributed by atoms with E-state index in [0.717, 1.165) is 18.7 Å². The highest BCUT2D eigenvalue weighted by Gasteiger charge is 2.24. The number of piperazine rings is 1. The summed E-state index contributed by atoms with van der Waals surface area (Å²) in [7, 11) is 0. The first-order valence-electron chi connectivity index (χ1n) is 8.45. The number of hydrogen-bond acceptors (Lipinski definition) is 4. The molecule has 2 heterocycles. The summed E-state index contributed by atoms with van der Waals surface area (Å²) in [6.45, 7) is 3.58. The minimum atomic E-state index is -0.335. The molecule has 0 atom stereocenters.